The van der Waals surface area contributed by atoms with E-state index in [1.54, 1.807) is 17.4 Å². The highest BCUT2D eigenvalue weighted by molar-refractivity contribution is 7.15. The number of carboxylic acid groups (broad SMARTS) is 1. The number of carboxylic acids is 1. The van der Waals surface area contributed by atoms with Crippen LogP contribution in [0.1, 0.15) is 45.7 Å². The van der Waals surface area contributed by atoms with E-state index in [0.29, 0.717) is 17.5 Å². The molecule has 34 heavy (non-hydrogen) atoms. The standard InChI is InChI=1S/C24H21FN6O2S/c1-12-13(2)34-24-21(12)22(28-18(10-20(32)33)23-30-29-14(3)31(23)24)15-4-7-17(8-5-15)27-19-9-6-16(25)11-26-19/h4-9,11,18H,10H2,1-3H3,(H,26,27)(H,32,33)/t18-/m0/s1. The van der Waals surface area contributed by atoms with E-state index >= 15 is 0 Å². The molecule has 1 aliphatic rings. The van der Waals surface area contributed by atoms with Gasteiger partial charge in [0.1, 0.15) is 28.5 Å². The first-order valence-electron chi connectivity index (χ1n) is 10.6. The van der Waals surface area contributed by atoms with Crippen molar-refractivity contribution in [1.82, 2.24) is 19.7 Å². The molecule has 10 heteroatoms. The maximum absolute atomic E-state index is 13.1. The van der Waals surface area contributed by atoms with E-state index in [-0.39, 0.29) is 6.42 Å². The summed E-state index contributed by atoms with van der Waals surface area (Å²) in [5, 5.41) is 22.1. The van der Waals surface area contributed by atoms with Gasteiger partial charge in [-0.25, -0.2) is 9.37 Å². The summed E-state index contributed by atoms with van der Waals surface area (Å²) in [6, 6.07) is 9.87. The lowest BCUT2D eigenvalue weighted by Crippen LogP contribution is -2.10. The summed E-state index contributed by atoms with van der Waals surface area (Å²) in [4.78, 5) is 21.7. The minimum atomic E-state index is -0.954. The molecule has 0 aliphatic carbocycles. The number of nitrogens with zero attached hydrogens (tertiary/aromatic N) is 5. The van der Waals surface area contributed by atoms with Crippen LogP contribution in [0.15, 0.2) is 47.6 Å². The van der Waals surface area contributed by atoms with Crippen molar-refractivity contribution < 1.29 is 14.3 Å². The summed E-state index contributed by atoms with van der Waals surface area (Å²) in [6.07, 6.45) is 0.966. The van der Waals surface area contributed by atoms with Crippen molar-refractivity contribution in [2.45, 2.75) is 33.2 Å². The Labute approximate surface area is 198 Å². The molecule has 4 heterocycles. The minimum absolute atomic E-state index is 0.190. The Morgan fingerprint density at radius 1 is 1.15 bits per heavy atom. The average Bonchev–Trinajstić information content (AvgIpc) is 3.28. The monoisotopic (exact) mass is 476 g/mol. The van der Waals surface area contributed by atoms with E-state index in [9.17, 15) is 14.3 Å². The van der Waals surface area contributed by atoms with Crippen LogP contribution in [0.2, 0.25) is 0 Å². The summed E-state index contributed by atoms with van der Waals surface area (Å²) in [7, 11) is 0. The van der Waals surface area contributed by atoms with Crippen molar-refractivity contribution in [3.63, 3.8) is 0 Å². The zero-order chi connectivity index (χ0) is 24.0. The number of aryl methyl sites for hydroxylation is 2. The summed E-state index contributed by atoms with van der Waals surface area (Å²) in [5.41, 5.74) is 4.41. The van der Waals surface area contributed by atoms with Crippen LogP contribution in [0.5, 0.6) is 0 Å². The second kappa shape index (κ2) is 8.45. The van der Waals surface area contributed by atoms with Crippen molar-refractivity contribution in [2.24, 2.45) is 4.99 Å². The number of benzene rings is 1. The Morgan fingerprint density at radius 3 is 2.59 bits per heavy atom. The lowest BCUT2D eigenvalue weighted by molar-refractivity contribution is -0.137. The molecule has 2 N–H and O–H groups in total. The number of thiophene rings is 1. The molecule has 8 nitrogen and oxygen atoms in total. The smallest absolute Gasteiger partial charge is 0.306 e. The molecule has 0 unspecified atom stereocenters. The number of carbonyl (C=O) groups is 1. The van der Waals surface area contributed by atoms with E-state index in [4.69, 9.17) is 4.99 Å². The van der Waals surface area contributed by atoms with Gasteiger partial charge >= 0.3 is 5.97 Å². The first-order chi connectivity index (χ1) is 16.3. The van der Waals surface area contributed by atoms with Crippen LogP contribution in [-0.4, -0.2) is 36.5 Å². The van der Waals surface area contributed by atoms with E-state index in [2.05, 4.69) is 27.4 Å². The number of pyridine rings is 1. The molecule has 0 saturated carbocycles. The summed E-state index contributed by atoms with van der Waals surface area (Å²) in [5.74, 6) is 0.395. The molecule has 3 aromatic heterocycles. The molecule has 4 aromatic rings. The molecule has 1 aliphatic heterocycles. The number of rotatable bonds is 5. The van der Waals surface area contributed by atoms with Crippen LogP contribution >= 0.6 is 11.3 Å². The fraction of sp³-hybridized carbons (Fsp3) is 0.208. The second-order valence-electron chi connectivity index (χ2n) is 8.06. The van der Waals surface area contributed by atoms with Crippen LogP contribution in [0.4, 0.5) is 15.9 Å². The van der Waals surface area contributed by atoms with E-state index in [1.165, 1.54) is 6.07 Å². The third kappa shape index (κ3) is 3.86. The van der Waals surface area contributed by atoms with Gasteiger partial charge in [0, 0.05) is 21.7 Å². The predicted octanol–water partition coefficient (Wildman–Crippen LogP) is 4.90. The zero-order valence-corrected chi connectivity index (χ0v) is 19.5. The number of fused-ring (bicyclic) bond motifs is 3. The number of anilines is 2. The molecular formula is C24H21FN6O2S. The first kappa shape index (κ1) is 21.9. The summed E-state index contributed by atoms with van der Waals surface area (Å²) in [6.45, 7) is 5.97. The van der Waals surface area contributed by atoms with E-state index in [1.807, 2.05) is 42.7 Å². The van der Waals surface area contributed by atoms with Gasteiger partial charge in [-0.3, -0.25) is 14.4 Å². The quantitative estimate of drug-likeness (QED) is 0.425. The molecule has 5 rings (SSSR count). The van der Waals surface area contributed by atoms with Crippen molar-refractivity contribution in [2.75, 3.05) is 5.32 Å². The summed E-state index contributed by atoms with van der Waals surface area (Å²) < 4.78 is 15.1. The highest BCUT2D eigenvalue weighted by Gasteiger charge is 2.32. The number of aliphatic imine (C=N–C) groups is 1. The van der Waals surface area contributed by atoms with Crippen LogP contribution in [0, 0.1) is 26.6 Å². The van der Waals surface area contributed by atoms with Gasteiger partial charge in [-0.15, -0.1) is 21.5 Å². The largest absolute Gasteiger partial charge is 0.481 e. The molecule has 0 bridgehead atoms. The minimum Gasteiger partial charge on any atom is -0.481 e. The summed E-state index contributed by atoms with van der Waals surface area (Å²) >= 11 is 1.62. The van der Waals surface area contributed by atoms with Gasteiger partial charge in [0.05, 0.1) is 18.3 Å². The number of nitrogens with one attached hydrogen (secondary N) is 1. The molecule has 0 saturated heterocycles. The normalized spacial score (nSPS) is 14.7. The first-order valence-corrected chi connectivity index (χ1v) is 11.4. The number of aromatic nitrogens is 4. The number of hydrogen-bond donors (Lipinski definition) is 2. The van der Waals surface area contributed by atoms with Gasteiger partial charge in [0.25, 0.3) is 0 Å². The van der Waals surface area contributed by atoms with Crippen molar-refractivity contribution in [3.05, 3.63) is 81.6 Å². The van der Waals surface area contributed by atoms with Gasteiger partial charge in [-0.2, -0.15) is 0 Å². The average molecular weight is 477 g/mol. The van der Waals surface area contributed by atoms with Crippen molar-refractivity contribution in [3.8, 4) is 5.00 Å². The molecule has 1 aromatic carbocycles. The Kier molecular flexibility index (Phi) is 5.45. The zero-order valence-electron chi connectivity index (χ0n) is 18.7. The van der Waals surface area contributed by atoms with Gasteiger partial charge in [-0.05, 0) is 50.6 Å². The van der Waals surface area contributed by atoms with Crippen molar-refractivity contribution >= 4 is 34.5 Å². The number of hydrogen-bond acceptors (Lipinski definition) is 7. The maximum atomic E-state index is 13.1. The van der Waals surface area contributed by atoms with Crippen LogP contribution in [-0.2, 0) is 4.79 Å². The highest BCUT2D eigenvalue weighted by atomic mass is 32.1. The lowest BCUT2D eigenvalue weighted by atomic mass is 9.99. The van der Waals surface area contributed by atoms with Crippen LogP contribution in [0.25, 0.3) is 5.00 Å². The Balaban J connectivity index is 1.60. The molecule has 0 fully saturated rings. The van der Waals surface area contributed by atoms with Gasteiger partial charge in [0.2, 0.25) is 0 Å². The fourth-order valence-electron chi connectivity index (χ4n) is 4.00. The van der Waals surface area contributed by atoms with Crippen LogP contribution < -0.4 is 5.32 Å². The molecular weight excluding hydrogens is 455 g/mol. The Morgan fingerprint density at radius 2 is 1.91 bits per heavy atom. The third-order valence-electron chi connectivity index (χ3n) is 5.77. The van der Waals surface area contributed by atoms with Gasteiger partial charge < -0.3 is 10.4 Å². The predicted molar refractivity (Wildman–Crippen MR) is 128 cm³/mol. The molecule has 1 atom stereocenters. The Hall–Kier alpha value is -3.92. The maximum Gasteiger partial charge on any atom is 0.306 e. The lowest BCUT2D eigenvalue weighted by Gasteiger charge is -2.12. The molecule has 0 amide bonds. The van der Waals surface area contributed by atoms with Crippen LogP contribution in [0.3, 0.4) is 0 Å². The molecule has 0 radical (unpaired) electrons. The number of halogens is 1. The fourth-order valence-corrected chi connectivity index (χ4v) is 5.21. The second-order valence-corrected chi connectivity index (χ2v) is 9.26. The highest BCUT2D eigenvalue weighted by Crippen LogP contribution is 2.39. The Bertz CT molecular complexity index is 1420. The topological polar surface area (TPSA) is 105 Å². The molecule has 172 valence electrons. The van der Waals surface area contributed by atoms with Gasteiger partial charge in [0.15, 0.2) is 5.82 Å². The van der Waals surface area contributed by atoms with Gasteiger partial charge in [-0.1, -0.05) is 12.1 Å². The number of aliphatic carboxylic acids is 1. The third-order valence-corrected chi connectivity index (χ3v) is 6.96. The van der Waals surface area contributed by atoms with Crippen molar-refractivity contribution in [1.29, 1.82) is 0 Å². The molecule has 0 spiro atoms. The van der Waals surface area contributed by atoms with E-state index in [0.717, 1.165) is 44.2 Å². The van der Waals surface area contributed by atoms with E-state index < -0.39 is 17.8 Å². The SMILES string of the molecule is Cc1sc2c(c1C)C(c1ccc(Nc3ccc(F)cn3)cc1)=N[C@@H](CC(=O)O)c1nnc(C)n1-2.